The number of ether oxygens (including phenoxy) is 3. The summed E-state index contributed by atoms with van der Waals surface area (Å²) in [5.41, 5.74) is 3.00. The molecule has 1 atom stereocenters. The van der Waals surface area contributed by atoms with E-state index in [1.165, 1.54) is 19.4 Å². The van der Waals surface area contributed by atoms with Crippen LogP contribution in [-0.4, -0.2) is 31.9 Å². The molecule has 6 nitrogen and oxygen atoms in total. The first-order valence-corrected chi connectivity index (χ1v) is 9.91. The Bertz CT molecular complexity index is 890. The summed E-state index contributed by atoms with van der Waals surface area (Å²) in [6.07, 6.45) is 2.27. The minimum Gasteiger partial charge on any atom is -0.493 e. The molecule has 2 rings (SSSR count). The van der Waals surface area contributed by atoms with Crippen LogP contribution in [0.4, 0.5) is 0 Å². The van der Waals surface area contributed by atoms with Gasteiger partial charge in [-0.25, -0.2) is 5.43 Å². The SMILES string of the molecule is CC[C@@H](C)Oc1c(Cl)cc(/C=N/NC(=O)COc2ccc(Cl)cc2Cl)cc1OC. The van der Waals surface area contributed by atoms with Crippen LogP contribution in [0.5, 0.6) is 17.2 Å². The zero-order valence-corrected chi connectivity index (χ0v) is 18.4. The maximum Gasteiger partial charge on any atom is 0.277 e. The Morgan fingerprint density at radius 1 is 1.17 bits per heavy atom. The van der Waals surface area contributed by atoms with Crippen LogP contribution in [0.15, 0.2) is 35.4 Å². The fraction of sp³-hybridized carbons (Fsp3) is 0.300. The van der Waals surface area contributed by atoms with Crippen molar-refractivity contribution in [1.29, 1.82) is 0 Å². The molecule has 0 aliphatic heterocycles. The van der Waals surface area contributed by atoms with E-state index in [0.29, 0.717) is 37.9 Å². The van der Waals surface area contributed by atoms with Gasteiger partial charge in [0, 0.05) is 5.02 Å². The van der Waals surface area contributed by atoms with Crippen molar-refractivity contribution in [1.82, 2.24) is 5.43 Å². The van der Waals surface area contributed by atoms with E-state index in [9.17, 15) is 4.79 Å². The highest BCUT2D eigenvalue weighted by Crippen LogP contribution is 2.37. The third-order valence-corrected chi connectivity index (χ3v) is 4.61. The summed E-state index contributed by atoms with van der Waals surface area (Å²) in [5, 5.41) is 5.08. The standard InChI is InChI=1S/C20H21Cl3N2O4/c1-4-12(2)29-20-16(23)7-13(8-18(20)27-3)10-24-25-19(26)11-28-17-6-5-14(21)9-15(17)22/h5-10,12H,4,11H2,1-3H3,(H,25,26)/b24-10+/t12-/m1/s1. The highest BCUT2D eigenvalue weighted by Gasteiger charge is 2.14. The number of rotatable bonds is 9. The number of nitrogens with zero attached hydrogens (tertiary/aromatic N) is 1. The first-order chi connectivity index (χ1) is 13.8. The molecule has 156 valence electrons. The quantitative estimate of drug-likeness (QED) is 0.405. The van der Waals surface area contributed by atoms with E-state index >= 15 is 0 Å². The van der Waals surface area contributed by atoms with Gasteiger partial charge in [0.25, 0.3) is 5.91 Å². The van der Waals surface area contributed by atoms with E-state index in [-0.39, 0.29) is 12.7 Å². The molecular weight excluding hydrogens is 439 g/mol. The monoisotopic (exact) mass is 458 g/mol. The lowest BCUT2D eigenvalue weighted by Crippen LogP contribution is -2.24. The Morgan fingerprint density at radius 3 is 2.59 bits per heavy atom. The molecule has 0 fully saturated rings. The van der Waals surface area contributed by atoms with Gasteiger partial charge in [-0.3, -0.25) is 4.79 Å². The molecule has 0 unspecified atom stereocenters. The van der Waals surface area contributed by atoms with Crippen molar-refractivity contribution in [2.24, 2.45) is 5.10 Å². The topological polar surface area (TPSA) is 69.2 Å². The fourth-order valence-electron chi connectivity index (χ4n) is 2.16. The second-order valence-corrected chi connectivity index (χ2v) is 7.28. The van der Waals surface area contributed by atoms with E-state index in [2.05, 4.69) is 10.5 Å². The number of nitrogens with one attached hydrogen (secondary N) is 1. The molecule has 0 aliphatic rings. The number of amides is 1. The summed E-state index contributed by atoms with van der Waals surface area (Å²) in [6, 6.07) is 8.11. The Kier molecular flexibility index (Phi) is 8.89. The first kappa shape index (κ1) is 23.1. The Morgan fingerprint density at radius 2 is 1.93 bits per heavy atom. The van der Waals surface area contributed by atoms with E-state index < -0.39 is 5.91 Å². The molecule has 0 bridgehead atoms. The van der Waals surface area contributed by atoms with Gasteiger partial charge in [0.15, 0.2) is 18.1 Å². The molecule has 2 aromatic rings. The zero-order chi connectivity index (χ0) is 21.4. The minimum atomic E-state index is -0.456. The lowest BCUT2D eigenvalue weighted by atomic mass is 10.2. The van der Waals surface area contributed by atoms with Crippen LogP contribution in [0.3, 0.4) is 0 Å². The van der Waals surface area contributed by atoms with Crippen molar-refractivity contribution in [2.75, 3.05) is 13.7 Å². The van der Waals surface area contributed by atoms with Crippen LogP contribution in [0, 0.1) is 0 Å². The van der Waals surface area contributed by atoms with Gasteiger partial charge in [-0.2, -0.15) is 5.10 Å². The number of halogens is 3. The van der Waals surface area contributed by atoms with Crippen LogP contribution >= 0.6 is 34.8 Å². The molecule has 0 spiro atoms. The number of hydrogen-bond donors (Lipinski definition) is 1. The second-order valence-electron chi connectivity index (χ2n) is 6.03. The number of hydrogen-bond acceptors (Lipinski definition) is 5. The molecule has 0 saturated carbocycles. The number of hydrazone groups is 1. The van der Waals surface area contributed by atoms with Crippen molar-refractivity contribution >= 4 is 46.9 Å². The lowest BCUT2D eigenvalue weighted by Gasteiger charge is -2.17. The molecule has 0 radical (unpaired) electrons. The summed E-state index contributed by atoms with van der Waals surface area (Å²) in [5.74, 6) is 0.842. The van der Waals surface area contributed by atoms with Crippen molar-refractivity contribution in [2.45, 2.75) is 26.4 Å². The Hall–Kier alpha value is -2.15. The largest absolute Gasteiger partial charge is 0.493 e. The average molecular weight is 460 g/mol. The third kappa shape index (κ3) is 6.99. The van der Waals surface area contributed by atoms with Crippen molar-refractivity contribution in [3.63, 3.8) is 0 Å². The highest BCUT2D eigenvalue weighted by atomic mass is 35.5. The second kappa shape index (κ2) is 11.1. The molecule has 0 aromatic heterocycles. The van der Waals surface area contributed by atoms with Gasteiger partial charge in [-0.15, -0.1) is 0 Å². The van der Waals surface area contributed by atoms with E-state index in [1.807, 2.05) is 13.8 Å². The van der Waals surface area contributed by atoms with Crippen LogP contribution in [0.2, 0.25) is 15.1 Å². The van der Waals surface area contributed by atoms with Crippen LogP contribution in [0.25, 0.3) is 0 Å². The maximum absolute atomic E-state index is 11.9. The smallest absolute Gasteiger partial charge is 0.277 e. The van der Waals surface area contributed by atoms with E-state index in [4.69, 9.17) is 49.0 Å². The number of methoxy groups -OCH3 is 1. The molecule has 1 amide bonds. The van der Waals surface area contributed by atoms with E-state index in [0.717, 1.165) is 6.42 Å². The first-order valence-electron chi connectivity index (χ1n) is 8.78. The molecule has 2 aromatic carbocycles. The summed E-state index contributed by atoms with van der Waals surface area (Å²) >= 11 is 18.1. The zero-order valence-electron chi connectivity index (χ0n) is 16.2. The number of carbonyl (C=O) groups excluding carboxylic acids is 1. The maximum atomic E-state index is 11.9. The van der Waals surface area contributed by atoms with Crippen LogP contribution in [-0.2, 0) is 4.79 Å². The molecule has 1 N–H and O–H groups in total. The third-order valence-electron chi connectivity index (χ3n) is 3.80. The van der Waals surface area contributed by atoms with Gasteiger partial charge in [-0.1, -0.05) is 41.7 Å². The molecule has 0 saturated heterocycles. The highest BCUT2D eigenvalue weighted by molar-refractivity contribution is 6.35. The molecule has 0 aliphatic carbocycles. The number of benzene rings is 2. The van der Waals surface area contributed by atoms with Crippen molar-refractivity contribution in [3.05, 3.63) is 51.0 Å². The predicted molar refractivity (Wildman–Crippen MR) is 116 cm³/mol. The minimum absolute atomic E-state index is 0.00523. The van der Waals surface area contributed by atoms with Crippen molar-refractivity contribution in [3.8, 4) is 17.2 Å². The average Bonchev–Trinajstić information content (AvgIpc) is 2.68. The summed E-state index contributed by atoms with van der Waals surface area (Å²) < 4.78 is 16.5. The van der Waals surface area contributed by atoms with Gasteiger partial charge in [0.05, 0.1) is 29.5 Å². The van der Waals surface area contributed by atoms with Gasteiger partial charge in [0.2, 0.25) is 0 Å². The van der Waals surface area contributed by atoms with E-state index in [1.54, 1.807) is 24.3 Å². The van der Waals surface area contributed by atoms with Gasteiger partial charge in [-0.05, 0) is 49.2 Å². The predicted octanol–water partition coefficient (Wildman–Crippen LogP) is 5.36. The van der Waals surface area contributed by atoms with Crippen LogP contribution < -0.4 is 19.6 Å². The normalized spacial score (nSPS) is 11.9. The molecular formula is C20H21Cl3N2O4. The fourth-order valence-corrected chi connectivity index (χ4v) is 2.89. The molecule has 29 heavy (non-hydrogen) atoms. The summed E-state index contributed by atoms with van der Waals surface area (Å²) in [6.45, 7) is 3.70. The molecule has 9 heteroatoms. The van der Waals surface area contributed by atoms with Crippen molar-refractivity contribution < 1.29 is 19.0 Å². The number of carbonyl (C=O) groups is 1. The van der Waals surface area contributed by atoms with Gasteiger partial charge < -0.3 is 14.2 Å². The Balaban J connectivity index is 1.96. The summed E-state index contributed by atoms with van der Waals surface area (Å²) in [7, 11) is 1.52. The molecule has 0 heterocycles. The van der Waals surface area contributed by atoms with Gasteiger partial charge in [0.1, 0.15) is 5.75 Å². The van der Waals surface area contributed by atoms with Crippen LogP contribution in [0.1, 0.15) is 25.8 Å². The lowest BCUT2D eigenvalue weighted by molar-refractivity contribution is -0.123. The summed E-state index contributed by atoms with van der Waals surface area (Å²) in [4.78, 5) is 11.9. The Labute approximate surface area is 184 Å². The van der Waals surface area contributed by atoms with Gasteiger partial charge >= 0.3 is 0 Å².